The number of methoxy groups -OCH3 is 2. The zero-order chi connectivity index (χ0) is 21.1. The number of aryl methyl sites for hydroxylation is 1. The Labute approximate surface area is 173 Å². The van der Waals surface area contributed by atoms with Crippen LogP contribution < -0.4 is 20.3 Å². The summed E-state index contributed by atoms with van der Waals surface area (Å²) in [5.41, 5.74) is 3.13. The number of aromatic amines is 1. The number of fused-ring (bicyclic) bond motifs is 1. The van der Waals surface area contributed by atoms with Gasteiger partial charge in [-0.15, -0.1) is 0 Å². The number of ether oxygens (including phenoxy) is 2. The molecule has 8 heteroatoms. The number of hydrogen-bond acceptors (Lipinski definition) is 6. The second-order valence-corrected chi connectivity index (χ2v) is 6.88. The first kappa shape index (κ1) is 19.5. The van der Waals surface area contributed by atoms with Crippen LogP contribution in [0.1, 0.15) is 22.4 Å². The van der Waals surface area contributed by atoms with Crippen molar-refractivity contribution in [3.05, 3.63) is 81.3 Å². The first-order valence-corrected chi connectivity index (χ1v) is 9.56. The molecular formula is C22H23N5O3. The molecule has 8 nitrogen and oxygen atoms in total. The van der Waals surface area contributed by atoms with Crippen molar-refractivity contribution in [3.8, 4) is 11.5 Å². The van der Waals surface area contributed by atoms with Gasteiger partial charge in [0.25, 0.3) is 11.3 Å². The minimum Gasteiger partial charge on any atom is -0.497 e. The van der Waals surface area contributed by atoms with Crippen LogP contribution in [0.3, 0.4) is 0 Å². The van der Waals surface area contributed by atoms with Crippen LogP contribution in [-0.2, 0) is 13.0 Å². The maximum Gasteiger partial charge on any atom is 0.277 e. The second kappa shape index (κ2) is 8.28. The van der Waals surface area contributed by atoms with Gasteiger partial charge in [-0.25, -0.2) is 4.98 Å². The highest BCUT2D eigenvalue weighted by molar-refractivity contribution is 5.44. The Kier molecular flexibility index (Phi) is 5.38. The molecule has 4 aromatic rings. The summed E-state index contributed by atoms with van der Waals surface area (Å²) in [6.07, 6.45) is 0.518. The van der Waals surface area contributed by atoms with Crippen molar-refractivity contribution in [2.75, 3.05) is 19.5 Å². The lowest BCUT2D eigenvalue weighted by Gasteiger charge is -2.10. The lowest BCUT2D eigenvalue weighted by Crippen LogP contribution is -2.22. The predicted octanol–water partition coefficient (Wildman–Crippen LogP) is 2.95. The largest absolute Gasteiger partial charge is 0.497 e. The molecule has 0 bridgehead atoms. The van der Waals surface area contributed by atoms with Crippen LogP contribution >= 0.6 is 0 Å². The molecule has 0 aliphatic carbocycles. The second-order valence-electron chi connectivity index (χ2n) is 6.88. The molecular weight excluding hydrogens is 382 g/mol. The van der Waals surface area contributed by atoms with Gasteiger partial charge in [0.2, 0.25) is 5.95 Å². The van der Waals surface area contributed by atoms with Crippen LogP contribution in [0.25, 0.3) is 5.78 Å². The van der Waals surface area contributed by atoms with E-state index in [0.717, 1.165) is 22.6 Å². The number of nitrogens with one attached hydrogen (secondary N) is 2. The predicted molar refractivity (Wildman–Crippen MR) is 114 cm³/mol. The van der Waals surface area contributed by atoms with Crippen LogP contribution in [0.4, 0.5) is 5.95 Å². The molecule has 0 spiro atoms. The van der Waals surface area contributed by atoms with E-state index in [-0.39, 0.29) is 5.56 Å². The van der Waals surface area contributed by atoms with Crippen LogP contribution in [0.2, 0.25) is 0 Å². The zero-order valence-corrected chi connectivity index (χ0v) is 17.1. The number of rotatable bonds is 7. The van der Waals surface area contributed by atoms with Crippen molar-refractivity contribution in [1.29, 1.82) is 0 Å². The molecule has 2 N–H and O–H groups in total. The average Bonchev–Trinajstić information content (AvgIpc) is 3.18. The van der Waals surface area contributed by atoms with Crippen molar-refractivity contribution < 1.29 is 9.47 Å². The number of H-pyrrole nitrogens is 1. The SMILES string of the molecule is COc1ccc(OC)c(CNc2nc3nc(C)c(Cc4ccccc4)c(=O)n3[nH]2)c1. The smallest absolute Gasteiger partial charge is 0.277 e. The highest BCUT2D eigenvalue weighted by Crippen LogP contribution is 2.24. The van der Waals surface area contributed by atoms with Crippen molar-refractivity contribution >= 4 is 11.7 Å². The molecule has 0 saturated heterocycles. The van der Waals surface area contributed by atoms with E-state index < -0.39 is 0 Å². The molecule has 154 valence electrons. The first-order chi connectivity index (χ1) is 14.6. The van der Waals surface area contributed by atoms with Crippen molar-refractivity contribution in [2.45, 2.75) is 19.9 Å². The highest BCUT2D eigenvalue weighted by atomic mass is 16.5. The summed E-state index contributed by atoms with van der Waals surface area (Å²) in [7, 11) is 3.23. The fourth-order valence-electron chi connectivity index (χ4n) is 3.34. The first-order valence-electron chi connectivity index (χ1n) is 9.56. The third-order valence-corrected chi connectivity index (χ3v) is 4.95. The number of nitrogens with zero attached hydrogens (tertiary/aromatic N) is 3. The maximum absolute atomic E-state index is 13.0. The zero-order valence-electron chi connectivity index (χ0n) is 17.1. The van der Waals surface area contributed by atoms with Gasteiger partial charge in [0, 0.05) is 24.1 Å². The maximum atomic E-state index is 13.0. The normalized spacial score (nSPS) is 10.9. The van der Waals surface area contributed by atoms with E-state index in [9.17, 15) is 4.79 Å². The molecule has 0 amide bonds. The Bertz CT molecular complexity index is 1230. The van der Waals surface area contributed by atoms with Crippen LogP contribution in [0.15, 0.2) is 53.3 Å². The number of aromatic nitrogens is 4. The summed E-state index contributed by atoms with van der Waals surface area (Å²) in [5.74, 6) is 2.24. The van der Waals surface area contributed by atoms with E-state index in [0.29, 0.717) is 35.9 Å². The minimum atomic E-state index is -0.152. The summed E-state index contributed by atoms with van der Waals surface area (Å²) in [6.45, 7) is 2.27. The van der Waals surface area contributed by atoms with Crippen LogP contribution in [-0.4, -0.2) is 33.8 Å². The monoisotopic (exact) mass is 405 g/mol. The number of hydrogen-bond donors (Lipinski definition) is 2. The Morgan fingerprint density at radius 3 is 2.60 bits per heavy atom. The van der Waals surface area contributed by atoms with Gasteiger partial charge in [0.1, 0.15) is 11.5 Å². The lowest BCUT2D eigenvalue weighted by molar-refractivity contribution is 0.399. The Hall–Kier alpha value is -3.81. The van der Waals surface area contributed by atoms with Gasteiger partial charge in [-0.05, 0) is 30.7 Å². The van der Waals surface area contributed by atoms with Crippen LogP contribution in [0, 0.1) is 6.92 Å². The van der Waals surface area contributed by atoms with Gasteiger partial charge < -0.3 is 14.8 Å². The molecule has 0 fully saturated rings. The van der Waals surface area contributed by atoms with Crippen molar-refractivity contribution in [3.63, 3.8) is 0 Å². The van der Waals surface area contributed by atoms with E-state index in [1.165, 1.54) is 4.52 Å². The van der Waals surface area contributed by atoms with E-state index in [1.807, 2.05) is 55.5 Å². The number of benzene rings is 2. The van der Waals surface area contributed by atoms with Crippen molar-refractivity contribution in [2.24, 2.45) is 0 Å². The minimum absolute atomic E-state index is 0.152. The summed E-state index contributed by atoms with van der Waals surface area (Å²) >= 11 is 0. The summed E-state index contributed by atoms with van der Waals surface area (Å²) in [5, 5.41) is 6.19. The molecule has 2 aromatic carbocycles. The molecule has 0 aliphatic rings. The summed E-state index contributed by atoms with van der Waals surface area (Å²) < 4.78 is 12.1. The molecule has 2 heterocycles. The Morgan fingerprint density at radius 2 is 1.87 bits per heavy atom. The molecule has 0 saturated carbocycles. The molecule has 0 aliphatic heterocycles. The fourth-order valence-corrected chi connectivity index (χ4v) is 3.34. The molecule has 2 aromatic heterocycles. The lowest BCUT2D eigenvalue weighted by atomic mass is 10.1. The fraction of sp³-hybridized carbons (Fsp3) is 0.227. The van der Waals surface area contributed by atoms with Gasteiger partial charge >= 0.3 is 0 Å². The van der Waals surface area contributed by atoms with Gasteiger partial charge in [0.05, 0.1) is 19.9 Å². The average molecular weight is 405 g/mol. The molecule has 30 heavy (non-hydrogen) atoms. The third-order valence-electron chi connectivity index (χ3n) is 4.95. The molecule has 4 rings (SSSR count). The topological polar surface area (TPSA) is 93.5 Å². The van der Waals surface area contributed by atoms with Gasteiger partial charge in [-0.3, -0.25) is 9.89 Å². The Morgan fingerprint density at radius 1 is 1.07 bits per heavy atom. The van der Waals surface area contributed by atoms with Gasteiger partial charge in [-0.2, -0.15) is 9.50 Å². The third kappa shape index (κ3) is 3.84. The van der Waals surface area contributed by atoms with E-state index in [1.54, 1.807) is 14.2 Å². The summed E-state index contributed by atoms with van der Waals surface area (Å²) in [4.78, 5) is 21.9. The van der Waals surface area contributed by atoms with Gasteiger partial charge in [-0.1, -0.05) is 30.3 Å². The molecule has 0 radical (unpaired) electrons. The van der Waals surface area contributed by atoms with Crippen LogP contribution in [0.5, 0.6) is 11.5 Å². The van der Waals surface area contributed by atoms with Crippen molar-refractivity contribution in [1.82, 2.24) is 19.6 Å². The molecule has 0 unspecified atom stereocenters. The highest BCUT2D eigenvalue weighted by Gasteiger charge is 2.14. The van der Waals surface area contributed by atoms with E-state index in [2.05, 4.69) is 20.4 Å². The van der Waals surface area contributed by atoms with E-state index in [4.69, 9.17) is 9.47 Å². The quantitative estimate of drug-likeness (QED) is 0.491. The van der Waals surface area contributed by atoms with E-state index >= 15 is 0 Å². The summed E-state index contributed by atoms with van der Waals surface area (Å²) in [6, 6.07) is 15.4. The standard InChI is InChI=1S/C22H23N5O3/c1-14-18(11-15-7-5-4-6-8-15)20(28)27-22(24-14)25-21(26-27)23-13-16-12-17(29-2)9-10-19(16)30-3/h4-10,12H,11,13H2,1-3H3,(H2,23,24,25,26). The number of anilines is 1. The van der Waals surface area contributed by atoms with Gasteiger partial charge in [0.15, 0.2) is 0 Å². The molecule has 0 atom stereocenters. The Balaban J connectivity index is 1.61.